The summed E-state index contributed by atoms with van der Waals surface area (Å²) in [6, 6.07) is 1.90. The highest BCUT2D eigenvalue weighted by molar-refractivity contribution is 9.10. The molecule has 1 rings (SSSR count). The Morgan fingerprint density at radius 1 is 1.53 bits per heavy atom. The van der Waals surface area contributed by atoms with Crippen LogP contribution in [0.2, 0.25) is 0 Å². The minimum absolute atomic E-state index is 0.0952. The van der Waals surface area contributed by atoms with Crippen molar-refractivity contribution in [2.45, 2.75) is 33.7 Å². The van der Waals surface area contributed by atoms with Crippen LogP contribution in [-0.4, -0.2) is 29.0 Å². The van der Waals surface area contributed by atoms with Crippen LogP contribution in [-0.2, 0) is 6.54 Å². The maximum atomic E-state index is 12.3. The average molecular weight is 301 g/mol. The van der Waals surface area contributed by atoms with Crippen LogP contribution in [0.15, 0.2) is 16.7 Å². The number of aryl methyl sites for hydroxylation is 1. The Bertz CT molecular complexity index is 385. The molecule has 0 aliphatic carbocycles. The largest absolute Gasteiger partial charge is 0.342 e. The Morgan fingerprint density at radius 2 is 2.18 bits per heavy atom. The Balaban J connectivity index is 2.87. The van der Waals surface area contributed by atoms with Crippen molar-refractivity contribution in [3.63, 3.8) is 0 Å². The minimum Gasteiger partial charge on any atom is -0.342 e. The molecule has 0 aliphatic rings. The molecule has 0 unspecified atom stereocenters. The van der Waals surface area contributed by atoms with E-state index in [2.05, 4.69) is 36.7 Å². The molecule has 3 nitrogen and oxygen atoms in total. The molecule has 0 atom stereocenters. The summed E-state index contributed by atoms with van der Waals surface area (Å²) in [5.74, 6) is 0.583. The standard InChI is InChI=1S/C13H21BrN2O/c1-5-6-16-9-11(14)7-12(16)13(17)15(4)8-10(2)3/h7,9-10H,5-6,8H2,1-4H3. The molecule has 0 N–H and O–H groups in total. The highest BCUT2D eigenvalue weighted by atomic mass is 79.9. The predicted molar refractivity (Wildman–Crippen MR) is 74.2 cm³/mol. The fraction of sp³-hybridized carbons (Fsp3) is 0.615. The number of carbonyl (C=O) groups is 1. The van der Waals surface area contributed by atoms with E-state index in [0.29, 0.717) is 5.92 Å². The van der Waals surface area contributed by atoms with E-state index in [1.807, 2.05) is 23.9 Å². The number of nitrogens with zero attached hydrogens (tertiary/aromatic N) is 2. The van der Waals surface area contributed by atoms with E-state index in [1.165, 1.54) is 0 Å². The molecule has 0 spiro atoms. The van der Waals surface area contributed by atoms with Gasteiger partial charge in [-0.2, -0.15) is 0 Å². The van der Waals surface area contributed by atoms with Gasteiger partial charge in [0.2, 0.25) is 0 Å². The summed E-state index contributed by atoms with van der Waals surface area (Å²) in [7, 11) is 1.86. The van der Waals surface area contributed by atoms with Crippen molar-refractivity contribution in [3.05, 3.63) is 22.4 Å². The second-order valence-corrected chi connectivity index (χ2v) is 5.73. The van der Waals surface area contributed by atoms with Crippen molar-refractivity contribution in [3.8, 4) is 0 Å². The SMILES string of the molecule is CCCn1cc(Br)cc1C(=O)N(C)CC(C)C. The second-order valence-electron chi connectivity index (χ2n) is 4.82. The van der Waals surface area contributed by atoms with Gasteiger partial charge in [-0.3, -0.25) is 4.79 Å². The Morgan fingerprint density at radius 3 is 2.71 bits per heavy atom. The molecule has 1 aromatic rings. The van der Waals surface area contributed by atoms with Gasteiger partial charge in [0.25, 0.3) is 5.91 Å². The predicted octanol–water partition coefficient (Wildman–Crippen LogP) is 3.39. The molecule has 0 bridgehead atoms. The molecular formula is C13H21BrN2O. The molecule has 0 radical (unpaired) electrons. The van der Waals surface area contributed by atoms with Crippen molar-refractivity contribution < 1.29 is 4.79 Å². The lowest BCUT2D eigenvalue weighted by molar-refractivity contribution is 0.0768. The van der Waals surface area contributed by atoms with Gasteiger partial charge >= 0.3 is 0 Å². The molecule has 17 heavy (non-hydrogen) atoms. The summed E-state index contributed by atoms with van der Waals surface area (Å²) in [4.78, 5) is 14.1. The summed E-state index contributed by atoms with van der Waals surface area (Å²) >= 11 is 3.43. The van der Waals surface area contributed by atoms with Crippen LogP contribution in [0.1, 0.15) is 37.7 Å². The lowest BCUT2D eigenvalue weighted by atomic mass is 10.2. The quantitative estimate of drug-likeness (QED) is 0.818. The summed E-state index contributed by atoms with van der Waals surface area (Å²) < 4.78 is 2.98. The molecule has 0 saturated carbocycles. The third-order valence-electron chi connectivity index (χ3n) is 2.53. The zero-order valence-corrected chi connectivity index (χ0v) is 12.6. The van der Waals surface area contributed by atoms with Crippen LogP contribution in [0, 0.1) is 5.92 Å². The number of halogens is 1. The summed E-state index contributed by atoms with van der Waals surface area (Å²) in [6.07, 6.45) is 3.00. The lowest BCUT2D eigenvalue weighted by Crippen LogP contribution is -2.31. The van der Waals surface area contributed by atoms with E-state index >= 15 is 0 Å². The molecule has 1 heterocycles. The van der Waals surface area contributed by atoms with E-state index in [1.54, 1.807) is 4.90 Å². The first-order chi connectivity index (χ1) is 7.95. The molecule has 96 valence electrons. The zero-order chi connectivity index (χ0) is 13.0. The summed E-state index contributed by atoms with van der Waals surface area (Å²) in [5.41, 5.74) is 0.766. The highest BCUT2D eigenvalue weighted by Gasteiger charge is 2.17. The molecule has 0 saturated heterocycles. The van der Waals surface area contributed by atoms with Crippen LogP contribution >= 0.6 is 15.9 Å². The van der Waals surface area contributed by atoms with Crippen LogP contribution in [0.4, 0.5) is 0 Å². The topological polar surface area (TPSA) is 25.2 Å². The maximum Gasteiger partial charge on any atom is 0.270 e. The van der Waals surface area contributed by atoms with E-state index in [-0.39, 0.29) is 5.91 Å². The monoisotopic (exact) mass is 300 g/mol. The first-order valence-corrected chi connectivity index (χ1v) is 6.86. The molecule has 4 heteroatoms. The van der Waals surface area contributed by atoms with Gasteiger partial charge < -0.3 is 9.47 Å². The number of hydrogen-bond acceptors (Lipinski definition) is 1. The van der Waals surface area contributed by atoms with E-state index in [0.717, 1.165) is 29.7 Å². The fourth-order valence-corrected chi connectivity index (χ4v) is 2.37. The fourth-order valence-electron chi connectivity index (χ4n) is 1.91. The zero-order valence-electron chi connectivity index (χ0n) is 11.0. The van der Waals surface area contributed by atoms with Crippen molar-refractivity contribution in [1.29, 1.82) is 0 Å². The van der Waals surface area contributed by atoms with Gasteiger partial charge in [0, 0.05) is 30.8 Å². The highest BCUT2D eigenvalue weighted by Crippen LogP contribution is 2.17. The molecule has 1 aromatic heterocycles. The van der Waals surface area contributed by atoms with Gasteiger partial charge in [-0.1, -0.05) is 20.8 Å². The van der Waals surface area contributed by atoms with Gasteiger partial charge in [-0.15, -0.1) is 0 Å². The van der Waals surface area contributed by atoms with Gasteiger partial charge in [0.15, 0.2) is 0 Å². The van der Waals surface area contributed by atoms with Crippen LogP contribution in [0.25, 0.3) is 0 Å². The van der Waals surface area contributed by atoms with Gasteiger partial charge in [0.05, 0.1) is 0 Å². The third kappa shape index (κ3) is 3.87. The molecule has 0 fully saturated rings. The molecule has 0 aliphatic heterocycles. The lowest BCUT2D eigenvalue weighted by Gasteiger charge is -2.20. The molecule has 1 amide bonds. The Hall–Kier alpha value is -0.770. The number of rotatable bonds is 5. The number of amides is 1. The first-order valence-electron chi connectivity index (χ1n) is 6.06. The first kappa shape index (κ1) is 14.3. The third-order valence-corrected chi connectivity index (χ3v) is 2.97. The van der Waals surface area contributed by atoms with E-state index in [4.69, 9.17) is 0 Å². The Kier molecular flexibility index (Phi) is 5.25. The van der Waals surface area contributed by atoms with Crippen LogP contribution < -0.4 is 0 Å². The Labute approximate surface area is 112 Å². The molecular weight excluding hydrogens is 280 g/mol. The number of hydrogen-bond donors (Lipinski definition) is 0. The summed E-state index contributed by atoms with van der Waals surface area (Å²) in [6.45, 7) is 8.01. The van der Waals surface area contributed by atoms with Crippen LogP contribution in [0.5, 0.6) is 0 Å². The van der Waals surface area contributed by atoms with Gasteiger partial charge in [-0.05, 0) is 34.3 Å². The molecule has 0 aromatic carbocycles. The smallest absolute Gasteiger partial charge is 0.270 e. The summed E-state index contributed by atoms with van der Waals surface area (Å²) in [5, 5.41) is 0. The van der Waals surface area contributed by atoms with Crippen molar-refractivity contribution in [2.24, 2.45) is 5.92 Å². The van der Waals surface area contributed by atoms with E-state index in [9.17, 15) is 4.79 Å². The second kappa shape index (κ2) is 6.24. The van der Waals surface area contributed by atoms with Crippen molar-refractivity contribution in [2.75, 3.05) is 13.6 Å². The minimum atomic E-state index is 0.0952. The number of carbonyl (C=O) groups excluding carboxylic acids is 1. The van der Waals surface area contributed by atoms with Gasteiger partial charge in [-0.25, -0.2) is 0 Å². The average Bonchev–Trinajstić information content (AvgIpc) is 2.58. The van der Waals surface area contributed by atoms with Crippen molar-refractivity contribution in [1.82, 2.24) is 9.47 Å². The maximum absolute atomic E-state index is 12.3. The normalized spacial score (nSPS) is 10.9. The van der Waals surface area contributed by atoms with Crippen LogP contribution in [0.3, 0.4) is 0 Å². The van der Waals surface area contributed by atoms with Crippen molar-refractivity contribution >= 4 is 21.8 Å². The van der Waals surface area contributed by atoms with Gasteiger partial charge in [0.1, 0.15) is 5.69 Å². The van der Waals surface area contributed by atoms with E-state index < -0.39 is 0 Å². The number of aromatic nitrogens is 1.